The normalized spacial score (nSPS) is 19.4. The van der Waals surface area contributed by atoms with Crippen LogP contribution in [0.25, 0.3) is 0 Å². The summed E-state index contributed by atoms with van der Waals surface area (Å²) in [5.74, 6) is -1.61. The van der Waals surface area contributed by atoms with E-state index in [4.69, 9.17) is 25.7 Å². The van der Waals surface area contributed by atoms with Crippen LogP contribution in [0, 0.1) is 0 Å². The van der Waals surface area contributed by atoms with Gasteiger partial charge in [-0.05, 0) is 0 Å². The first-order chi connectivity index (χ1) is 7.56. The van der Waals surface area contributed by atoms with E-state index in [0.29, 0.717) is 0 Å². The summed E-state index contributed by atoms with van der Waals surface area (Å²) < 4.78 is 14.1. The Hall–Kier alpha value is -0.580. The number of phosphoric acid groups is 1. The van der Waals surface area contributed by atoms with Crippen molar-refractivity contribution in [2.24, 2.45) is 5.73 Å². The number of carboxylic acid groups (broad SMARTS) is 1. The minimum Gasteiger partial charge on any atom is -0.480 e. The van der Waals surface area contributed by atoms with Gasteiger partial charge in [0, 0.05) is 0 Å². The second-order valence-electron chi connectivity index (χ2n) is 3.20. The number of aliphatic hydroxyl groups excluding tert-OH is 3. The molecular formula is C6H14NO9P. The van der Waals surface area contributed by atoms with Crippen LogP contribution >= 0.6 is 7.82 Å². The fourth-order valence-electron chi connectivity index (χ4n) is 0.858. The molecule has 0 aliphatic heterocycles. The molecule has 0 aromatic rings. The van der Waals surface area contributed by atoms with Gasteiger partial charge in [-0.1, -0.05) is 0 Å². The highest BCUT2D eigenvalue weighted by atomic mass is 31.2. The second-order valence-corrected chi connectivity index (χ2v) is 4.44. The van der Waals surface area contributed by atoms with E-state index in [2.05, 4.69) is 4.52 Å². The minimum absolute atomic E-state index is 0.991. The van der Waals surface area contributed by atoms with E-state index >= 15 is 0 Å². The van der Waals surface area contributed by atoms with E-state index in [-0.39, 0.29) is 0 Å². The number of aliphatic carboxylic acids is 1. The minimum atomic E-state index is -4.83. The van der Waals surface area contributed by atoms with Gasteiger partial charge in [0.15, 0.2) is 0 Å². The molecule has 0 bridgehead atoms. The van der Waals surface area contributed by atoms with E-state index < -0.39 is 44.8 Å². The molecular weight excluding hydrogens is 261 g/mol. The Labute approximate surface area is 95.5 Å². The monoisotopic (exact) mass is 275 g/mol. The molecule has 0 fully saturated rings. The Morgan fingerprint density at radius 1 is 1.24 bits per heavy atom. The second kappa shape index (κ2) is 6.38. The first-order valence-corrected chi connectivity index (χ1v) is 5.82. The quantitative estimate of drug-likeness (QED) is 0.230. The largest absolute Gasteiger partial charge is 0.480 e. The summed E-state index contributed by atoms with van der Waals surface area (Å²) >= 11 is 0. The number of carboxylic acids is 1. The molecule has 0 saturated heterocycles. The van der Waals surface area contributed by atoms with Crippen molar-refractivity contribution in [3.63, 3.8) is 0 Å². The van der Waals surface area contributed by atoms with Crippen LogP contribution in [0.2, 0.25) is 0 Å². The third-order valence-corrected chi connectivity index (χ3v) is 2.30. The predicted molar refractivity (Wildman–Crippen MR) is 51.6 cm³/mol. The lowest BCUT2D eigenvalue weighted by molar-refractivity contribution is -0.146. The van der Waals surface area contributed by atoms with Crippen LogP contribution in [0.1, 0.15) is 0 Å². The molecule has 0 amide bonds. The maximum atomic E-state index is 10.4. The van der Waals surface area contributed by atoms with Crippen LogP contribution in [0.3, 0.4) is 0 Å². The maximum absolute atomic E-state index is 10.4. The lowest BCUT2D eigenvalue weighted by atomic mass is 10.0. The van der Waals surface area contributed by atoms with E-state index in [9.17, 15) is 19.6 Å². The zero-order valence-corrected chi connectivity index (χ0v) is 9.34. The molecule has 0 unspecified atom stereocenters. The number of carbonyl (C=O) groups is 1. The van der Waals surface area contributed by atoms with Crippen molar-refractivity contribution in [2.75, 3.05) is 6.61 Å². The summed E-state index contributed by atoms with van der Waals surface area (Å²) in [7, 11) is -4.83. The molecule has 17 heavy (non-hydrogen) atoms. The van der Waals surface area contributed by atoms with Gasteiger partial charge < -0.3 is 35.9 Å². The molecule has 4 atom stereocenters. The Bertz CT molecular complexity index is 304. The summed E-state index contributed by atoms with van der Waals surface area (Å²) in [6.07, 6.45) is -5.93. The van der Waals surface area contributed by atoms with Crippen LogP contribution in [-0.2, 0) is 13.9 Å². The van der Waals surface area contributed by atoms with Gasteiger partial charge in [0.1, 0.15) is 24.4 Å². The van der Waals surface area contributed by atoms with Crippen LogP contribution in [0.4, 0.5) is 0 Å². The van der Waals surface area contributed by atoms with Crippen LogP contribution < -0.4 is 5.73 Å². The van der Waals surface area contributed by atoms with Crippen LogP contribution in [0.15, 0.2) is 0 Å². The molecule has 0 aromatic heterocycles. The molecule has 102 valence electrons. The summed E-state index contributed by atoms with van der Waals surface area (Å²) in [6.45, 7) is -0.991. The van der Waals surface area contributed by atoms with E-state index in [1.165, 1.54) is 0 Å². The first-order valence-electron chi connectivity index (χ1n) is 4.29. The van der Waals surface area contributed by atoms with Gasteiger partial charge in [0.05, 0.1) is 6.61 Å². The zero-order valence-electron chi connectivity index (χ0n) is 8.45. The molecule has 11 heteroatoms. The van der Waals surface area contributed by atoms with E-state index in [0.717, 1.165) is 0 Å². The Balaban J connectivity index is 4.34. The Morgan fingerprint density at radius 2 is 1.71 bits per heavy atom. The van der Waals surface area contributed by atoms with Crippen molar-refractivity contribution in [2.45, 2.75) is 24.4 Å². The maximum Gasteiger partial charge on any atom is 0.469 e. The van der Waals surface area contributed by atoms with Crippen molar-refractivity contribution >= 4 is 13.8 Å². The fourth-order valence-corrected chi connectivity index (χ4v) is 1.21. The molecule has 0 radical (unpaired) electrons. The molecule has 0 aromatic carbocycles. The molecule has 8 N–H and O–H groups in total. The third kappa shape index (κ3) is 6.05. The topological polar surface area (TPSA) is 191 Å². The molecule has 0 saturated carbocycles. The summed E-state index contributed by atoms with van der Waals surface area (Å²) in [4.78, 5) is 26.9. The smallest absolute Gasteiger partial charge is 0.469 e. The van der Waals surface area contributed by atoms with Gasteiger partial charge in [-0.15, -0.1) is 0 Å². The summed E-state index contributed by atoms with van der Waals surface area (Å²) in [5, 5.41) is 36.0. The van der Waals surface area contributed by atoms with Crippen molar-refractivity contribution < 1.29 is 44.1 Å². The van der Waals surface area contributed by atoms with Crippen molar-refractivity contribution in [3.8, 4) is 0 Å². The van der Waals surface area contributed by atoms with E-state index in [1.807, 2.05) is 0 Å². The average molecular weight is 275 g/mol. The van der Waals surface area contributed by atoms with Crippen molar-refractivity contribution in [3.05, 3.63) is 0 Å². The highest BCUT2D eigenvalue weighted by Gasteiger charge is 2.34. The molecule has 0 heterocycles. The van der Waals surface area contributed by atoms with Gasteiger partial charge in [0.25, 0.3) is 0 Å². The number of hydrogen-bond donors (Lipinski definition) is 7. The molecule has 0 rings (SSSR count). The number of hydrogen-bond acceptors (Lipinski definition) is 7. The number of phosphoric ester groups is 1. The fraction of sp³-hybridized carbons (Fsp3) is 0.833. The number of nitrogens with two attached hydrogens (primary N) is 1. The third-order valence-electron chi connectivity index (χ3n) is 1.81. The predicted octanol–water partition coefficient (Wildman–Crippen LogP) is -3.41. The molecule has 0 aliphatic rings. The standard InChI is InChI=1S/C6H14NO9P/c7-3(6(11)12)5(10)4(9)2(8)1-16-17(13,14)15/h2-5,8-10H,1,7H2,(H,11,12)(H2,13,14,15)/t2-,3-,4-,5-/m1/s1. The highest BCUT2D eigenvalue weighted by molar-refractivity contribution is 7.46. The van der Waals surface area contributed by atoms with Gasteiger partial charge in [-0.25, -0.2) is 4.57 Å². The number of aliphatic hydroxyl groups is 3. The molecule has 10 nitrogen and oxygen atoms in total. The zero-order chi connectivity index (χ0) is 13.8. The van der Waals surface area contributed by atoms with Crippen LogP contribution in [-0.4, -0.2) is 67.1 Å². The van der Waals surface area contributed by atoms with Gasteiger partial charge in [0.2, 0.25) is 0 Å². The lowest BCUT2D eigenvalue weighted by Crippen LogP contribution is -2.52. The van der Waals surface area contributed by atoms with Crippen molar-refractivity contribution in [1.82, 2.24) is 0 Å². The summed E-state index contributed by atoms with van der Waals surface area (Å²) in [5.41, 5.74) is 4.97. The molecule has 0 aliphatic carbocycles. The average Bonchev–Trinajstić information content (AvgIpc) is 2.21. The highest BCUT2D eigenvalue weighted by Crippen LogP contribution is 2.35. The first kappa shape index (κ1) is 16.4. The van der Waals surface area contributed by atoms with Crippen LogP contribution in [0.5, 0.6) is 0 Å². The van der Waals surface area contributed by atoms with Gasteiger partial charge in [-0.2, -0.15) is 0 Å². The molecule has 0 spiro atoms. The number of rotatable bonds is 7. The lowest BCUT2D eigenvalue weighted by Gasteiger charge is -2.24. The Morgan fingerprint density at radius 3 is 2.06 bits per heavy atom. The van der Waals surface area contributed by atoms with Gasteiger partial charge >= 0.3 is 13.8 Å². The summed E-state index contributed by atoms with van der Waals surface area (Å²) in [6, 6.07) is -1.85. The van der Waals surface area contributed by atoms with E-state index in [1.54, 1.807) is 0 Å². The Kier molecular flexibility index (Phi) is 6.16. The van der Waals surface area contributed by atoms with Crippen molar-refractivity contribution in [1.29, 1.82) is 0 Å². The van der Waals surface area contributed by atoms with Gasteiger partial charge in [-0.3, -0.25) is 9.32 Å². The SMILES string of the molecule is N[C@@H](C(=O)O)[C@@H](O)[C@H](O)[C@H](O)COP(=O)(O)O.